The van der Waals surface area contributed by atoms with Gasteiger partial charge in [0.25, 0.3) is 12.6 Å². The van der Waals surface area contributed by atoms with Crippen molar-refractivity contribution in [3.05, 3.63) is 0 Å². The van der Waals surface area contributed by atoms with E-state index in [0.29, 0.717) is 0 Å². The molecule has 0 amide bonds. The standard InChI is InChI=1S/C9H20BNO2/c1-9(2,3)13-8(12)10(4)6-7-11-5/h11H,6-7H2,1-5H3. The fourth-order valence-electron chi connectivity index (χ4n) is 0.881. The quantitative estimate of drug-likeness (QED) is 0.679. The van der Waals surface area contributed by atoms with Gasteiger partial charge in [0.2, 0.25) is 0 Å². The van der Waals surface area contributed by atoms with Gasteiger partial charge in [-0.05, 0) is 34.4 Å². The van der Waals surface area contributed by atoms with E-state index in [0.717, 1.165) is 12.9 Å². The molecule has 0 aromatic rings. The van der Waals surface area contributed by atoms with Crippen molar-refractivity contribution in [2.45, 2.75) is 39.5 Å². The van der Waals surface area contributed by atoms with Gasteiger partial charge in [0.15, 0.2) is 0 Å². The molecule has 0 fully saturated rings. The van der Waals surface area contributed by atoms with E-state index in [2.05, 4.69) is 5.32 Å². The summed E-state index contributed by atoms with van der Waals surface area (Å²) in [5.41, 5.74) is -0.370. The van der Waals surface area contributed by atoms with Crippen LogP contribution in [0.2, 0.25) is 13.1 Å². The lowest BCUT2D eigenvalue weighted by atomic mass is 9.49. The molecule has 13 heavy (non-hydrogen) atoms. The first-order valence-corrected chi connectivity index (χ1v) is 4.74. The number of nitrogens with one attached hydrogen (secondary N) is 1. The van der Waals surface area contributed by atoms with E-state index in [1.807, 2.05) is 34.6 Å². The summed E-state index contributed by atoms with van der Waals surface area (Å²) in [5, 5.41) is 3.01. The summed E-state index contributed by atoms with van der Waals surface area (Å²) >= 11 is 0. The third kappa shape index (κ3) is 6.64. The maximum absolute atomic E-state index is 11.4. The van der Waals surface area contributed by atoms with Crippen LogP contribution in [0.4, 0.5) is 4.79 Å². The van der Waals surface area contributed by atoms with Gasteiger partial charge in [-0.15, -0.1) is 0 Å². The van der Waals surface area contributed by atoms with Gasteiger partial charge in [-0.25, -0.2) is 0 Å². The van der Waals surface area contributed by atoms with Gasteiger partial charge in [-0.2, -0.15) is 0 Å². The molecule has 0 aromatic carbocycles. The number of rotatable bonds is 4. The zero-order valence-corrected chi connectivity index (χ0v) is 9.31. The summed E-state index contributed by atoms with van der Waals surface area (Å²) in [6.45, 7) is 8.37. The van der Waals surface area contributed by atoms with Crippen molar-refractivity contribution in [1.29, 1.82) is 0 Å². The molecule has 0 aliphatic rings. The summed E-state index contributed by atoms with van der Waals surface area (Å²) < 4.78 is 5.23. The smallest absolute Gasteiger partial charge is 0.276 e. The highest BCUT2D eigenvalue weighted by molar-refractivity contribution is 6.87. The van der Waals surface area contributed by atoms with E-state index in [4.69, 9.17) is 4.74 Å². The molecular formula is C9H20BNO2. The van der Waals surface area contributed by atoms with Crippen LogP contribution in [0.15, 0.2) is 0 Å². The molecule has 1 N–H and O–H groups in total. The normalized spacial score (nSPS) is 11.2. The maximum Gasteiger partial charge on any atom is 0.276 e. The van der Waals surface area contributed by atoms with Gasteiger partial charge in [-0.1, -0.05) is 13.1 Å². The number of hydrogen-bond donors (Lipinski definition) is 1. The highest BCUT2D eigenvalue weighted by Crippen LogP contribution is 2.09. The van der Waals surface area contributed by atoms with Gasteiger partial charge < -0.3 is 10.1 Å². The van der Waals surface area contributed by atoms with Crippen LogP contribution in [0.25, 0.3) is 0 Å². The first-order chi connectivity index (χ1) is 5.87. The molecule has 4 heteroatoms. The van der Waals surface area contributed by atoms with Crippen LogP contribution in [0.3, 0.4) is 0 Å². The fourth-order valence-corrected chi connectivity index (χ4v) is 0.881. The Hall–Kier alpha value is -0.505. The second kappa shape index (κ2) is 5.27. The topological polar surface area (TPSA) is 38.3 Å². The van der Waals surface area contributed by atoms with Gasteiger partial charge in [-0.3, -0.25) is 4.79 Å². The highest BCUT2D eigenvalue weighted by Gasteiger charge is 2.23. The molecule has 3 nitrogen and oxygen atoms in total. The molecule has 0 unspecified atom stereocenters. The lowest BCUT2D eigenvalue weighted by Crippen LogP contribution is -2.33. The summed E-state index contributed by atoms with van der Waals surface area (Å²) in [7, 11) is 1.88. The molecule has 0 spiro atoms. The number of carbonyl (C=O) groups excluding carboxylic acids is 1. The summed E-state index contributed by atoms with van der Waals surface area (Å²) in [6.07, 6.45) is 0.825. The second-order valence-electron chi connectivity index (χ2n) is 4.33. The van der Waals surface area contributed by atoms with Gasteiger partial charge in [0.1, 0.15) is 5.60 Å². The fraction of sp³-hybridized carbons (Fsp3) is 0.889. The highest BCUT2D eigenvalue weighted by atomic mass is 16.5. The average Bonchev–Trinajstić information content (AvgIpc) is 1.96. The summed E-state index contributed by atoms with van der Waals surface area (Å²) in [6, 6.07) is 0. The molecule has 0 bridgehead atoms. The number of ether oxygens (including phenoxy) is 1. The molecule has 0 rings (SSSR count). The van der Waals surface area contributed by atoms with Crippen LogP contribution in [0, 0.1) is 0 Å². The monoisotopic (exact) mass is 185 g/mol. The summed E-state index contributed by atoms with van der Waals surface area (Å²) in [4.78, 5) is 11.4. The van der Waals surface area contributed by atoms with Crippen molar-refractivity contribution in [1.82, 2.24) is 5.32 Å². The molecule has 0 saturated carbocycles. The van der Waals surface area contributed by atoms with Crippen LogP contribution in [-0.2, 0) is 4.74 Å². The SMILES string of the molecule is CNCCB(C)C(=O)OC(C)(C)C. The summed E-state index contributed by atoms with van der Waals surface area (Å²) in [5.74, 6) is -0.109. The molecule has 76 valence electrons. The van der Waals surface area contributed by atoms with E-state index < -0.39 is 0 Å². The van der Waals surface area contributed by atoms with E-state index >= 15 is 0 Å². The zero-order chi connectivity index (χ0) is 10.5. The predicted octanol–water partition coefficient (Wildman–Crippen LogP) is 1.85. The minimum Gasteiger partial charge on any atom is -0.468 e. The largest absolute Gasteiger partial charge is 0.468 e. The Morgan fingerprint density at radius 1 is 1.46 bits per heavy atom. The lowest BCUT2D eigenvalue weighted by molar-refractivity contribution is 0.0710. The van der Waals surface area contributed by atoms with Crippen molar-refractivity contribution in [2.24, 2.45) is 0 Å². The minimum absolute atomic E-state index is 0.0216. The molecule has 0 radical (unpaired) electrons. The van der Waals surface area contributed by atoms with Crippen molar-refractivity contribution in [3.8, 4) is 0 Å². The Bertz CT molecular complexity index is 165. The average molecular weight is 185 g/mol. The Morgan fingerprint density at radius 2 is 2.00 bits per heavy atom. The van der Waals surface area contributed by atoms with Gasteiger partial charge in [0, 0.05) is 0 Å². The second-order valence-corrected chi connectivity index (χ2v) is 4.33. The minimum atomic E-state index is -0.370. The zero-order valence-electron chi connectivity index (χ0n) is 9.31. The van der Waals surface area contributed by atoms with Crippen molar-refractivity contribution in [3.63, 3.8) is 0 Å². The Labute approximate surface area is 81.3 Å². The van der Waals surface area contributed by atoms with Crippen LogP contribution in [0.1, 0.15) is 20.8 Å². The third-order valence-corrected chi connectivity index (χ3v) is 1.64. The van der Waals surface area contributed by atoms with Gasteiger partial charge in [0.05, 0.1) is 0 Å². The molecule has 0 aromatic heterocycles. The predicted molar refractivity (Wildman–Crippen MR) is 56.6 cm³/mol. The number of hydrogen-bond acceptors (Lipinski definition) is 3. The Kier molecular flexibility index (Phi) is 5.07. The third-order valence-electron chi connectivity index (χ3n) is 1.64. The number of carbonyl (C=O) groups is 1. The van der Waals surface area contributed by atoms with E-state index in [1.165, 1.54) is 0 Å². The van der Waals surface area contributed by atoms with E-state index in [9.17, 15) is 4.79 Å². The van der Waals surface area contributed by atoms with Crippen LogP contribution in [0.5, 0.6) is 0 Å². The molecule has 0 atom stereocenters. The van der Waals surface area contributed by atoms with Crippen LogP contribution in [-0.4, -0.2) is 31.8 Å². The molecule has 0 saturated heterocycles. The first-order valence-electron chi connectivity index (χ1n) is 4.74. The molecular weight excluding hydrogens is 165 g/mol. The van der Waals surface area contributed by atoms with Crippen molar-refractivity contribution in [2.75, 3.05) is 13.6 Å². The first kappa shape index (κ1) is 12.5. The van der Waals surface area contributed by atoms with Crippen LogP contribution >= 0.6 is 0 Å². The van der Waals surface area contributed by atoms with Crippen molar-refractivity contribution < 1.29 is 9.53 Å². The molecule has 0 heterocycles. The van der Waals surface area contributed by atoms with Crippen molar-refractivity contribution >= 4 is 12.6 Å². The Balaban J connectivity index is 3.83. The molecule has 0 aliphatic heterocycles. The van der Waals surface area contributed by atoms with Gasteiger partial charge >= 0.3 is 0 Å². The Morgan fingerprint density at radius 3 is 2.38 bits per heavy atom. The maximum atomic E-state index is 11.4. The van der Waals surface area contributed by atoms with E-state index in [1.54, 1.807) is 0 Å². The van der Waals surface area contributed by atoms with E-state index in [-0.39, 0.29) is 18.2 Å². The van der Waals surface area contributed by atoms with Crippen LogP contribution < -0.4 is 5.32 Å². The molecule has 0 aliphatic carbocycles. The lowest BCUT2D eigenvalue weighted by Gasteiger charge is -2.21.